The summed E-state index contributed by atoms with van der Waals surface area (Å²) in [7, 11) is 0. The molecular formula is C24H17Br2Cl2N3O6. The molecule has 3 aliphatic rings. The average molecular weight is 674 g/mol. The summed E-state index contributed by atoms with van der Waals surface area (Å²) >= 11 is 19.4. The zero-order chi connectivity index (χ0) is 26.8. The molecule has 2 bridgehead atoms. The molecule has 37 heavy (non-hydrogen) atoms. The molecule has 3 fully saturated rings. The van der Waals surface area contributed by atoms with Crippen molar-refractivity contribution in [3.8, 4) is 0 Å². The van der Waals surface area contributed by atoms with Crippen LogP contribution in [0, 0.1) is 33.8 Å². The zero-order valence-electron chi connectivity index (χ0n) is 18.7. The number of nitro benzene ring substituents is 1. The number of hydrogen-bond donors (Lipinski definition) is 0. The molecule has 0 aromatic heterocycles. The topological polar surface area (TPSA) is 118 Å². The van der Waals surface area contributed by atoms with Crippen LogP contribution in [0.15, 0.2) is 42.5 Å². The van der Waals surface area contributed by atoms with Gasteiger partial charge in [0.2, 0.25) is 0 Å². The lowest BCUT2D eigenvalue weighted by Crippen LogP contribution is -2.52. The van der Waals surface area contributed by atoms with Gasteiger partial charge in [0.25, 0.3) is 23.4 Å². The summed E-state index contributed by atoms with van der Waals surface area (Å²) in [6, 6.07) is 8.93. The zero-order valence-corrected chi connectivity index (χ0v) is 23.4. The van der Waals surface area contributed by atoms with Crippen LogP contribution in [0.4, 0.5) is 5.69 Å². The van der Waals surface area contributed by atoms with Crippen molar-refractivity contribution in [1.82, 2.24) is 10.0 Å². The third kappa shape index (κ3) is 4.29. The van der Waals surface area contributed by atoms with Gasteiger partial charge in [0.05, 0.1) is 21.8 Å². The minimum atomic E-state index is -0.826. The van der Waals surface area contributed by atoms with Gasteiger partial charge < -0.3 is 0 Å². The first-order valence-electron chi connectivity index (χ1n) is 11.2. The normalized spacial score (nSPS) is 27.9. The Bertz CT molecular complexity index is 1320. The Morgan fingerprint density at radius 2 is 1.57 bits per heavy atom. The molecule has 2 aromatic carbocycles. The molecule has 2 aromatic rings. The molecule has 0 spiro atoms. The number of benzene rings is 2. The number of rotatable bonds is 6. The predicted octanol–water partition coefficient (Wildman–Crippen LogP) is 4.92. The van der Waals surface area contributed by atoms with Crippen LogP contribution in [0.1, 0.15) is 27.1 Å². The van der Waals surface area contributed by atoms with Crippen molar-refractivity contribution in [3.63, 3.8) is 0 Å². The molecule has 0 N–H and O–H groups in total. The third-order valence-electron chi connectivity index (χ3n) is 7.29. The molecule has 2 aliphatic carbocycles. The molecule has 0 unspecified atom stereocenters. The number of imide groups is 1. The second-order valence-electron chi connectivity index (χ2n) is 9.21. The first kappa shape index (κ1) is 26.3. The highest BCUT2D eigenvalue weighted by Gasteiger charge is 2.67. The van der Waals surface area contributed by atoms with E-state index in [9.17, 15) is 29.3 Å². The summed E-state index contributed by atoms with van der Waals surface area (Å²) in [5, 5.41) is 13.0. The van der Waals surface area contributed by atoms with Gasteiger partial charge >= 0.3 is 0 Å². The fourth-order valence-corrected chi connectivity index (χ4v) is 8.00. The predicted molar refractivity (Wildman–Crippen MR) is 141 cm³/mol. The molecule has 2 saturated carbocycles. The van der Waals surface area contributed by atoms with Crippen molar-refractivity contribution < 1.29 is 24.1 Å². The Morgan fingerprint density at radius 1 is 1.00 bits per heavy atom. The van der Waals surface area contributed by atoms with E-state index < -0.39 is 46.8 Å². The lowest BCUT2D eigenvalue weighted by atomic mass is 9.81. The van der Waals surface area contributed by atoms with E-state index >= 15 is 0 Å². The molecule has 13 heteroatoms. The number of fused-ring (bicyclic) bond motifs is 5. The number of non-ortho nitro benzene ring substituents is 1. The van der Waals surface area contributed by atoms with Crippen molar-refractivity contribution in [2.75, 3.05) is 6.54 Å². The molecule has 0 radical (unpaired) electrons. The third-order valence-corrected chi connectivity index (χ3v) is 11.0. The molecule has 1 saturated heterocycles. The van der Waals surface area contributed by atoms with E-state index in [1.165, 1.54) is 30.3 Å². The second-order valence-corrected chi connectivity index (χ2v) is 12.2. The maximum absolute atomic E-state index is 13.6. The Kier molecular flexibility index (Phi) is 6.93. The number of hydrazine groups is 1. The molecule has 9 nitrogen and oxygen atoms in total. The van der Waals surface area contributed by atoms with Crippen LogP contribution >= 0.6 is 55.1 Å². The van der Waals surface area contributed by atoms with Gasteiger partial charge in [0, 0.05) is 37.9 Å². The number of halogens is 4. The van der Waals surface area contributed by atoms with Crippen molar-refractivity contribution >= 4 is 84.3 Å². The van der Waals surface area contributed by atoms with Gasteiger partial charge in [-0.05, 0) is 48.6 Å². The average Bonchev–Trinajstić information content (AvgIpc) is 3.47. The van der Waals surface area contributed by atoms with Crippen LogP contribution in [-0.2, 0) is 9.59 Å². The second kappa shape index (κ2) is 9.76. The quantitative estimate of drug-likeness (QED) is 0.141. The van der Waals surface area contributed by atoms with E-state index in [2.05, 4.69) is 31.9 Å². The highest BCUT2D eigenvalue weighted by atomic mass is 79.9. The minimum absolute atomic E-state index is 0.0104. The van der Waals surface area contributed by atoms with E-state index in [1.54, 1.807) is 0 Å². The van der Waals surface area contributed by atoms with Gasteiger partial charge in [-0.2, -0.15) is 5.01 Å². The molecule has 1 heterocycles. The number of hydrogen-bond acceptors (Lipinski definition) is 6. The summed E-state index contributed by atoms with van der Waals surface area (Å²) in [5.41, 5.74) is -0.204. The van der Waals surface area contributed by atoms with Crippen molar-refractivity contribution in [1.29, 1.82) is 0 Å². The van der Waals surface area contributed by atoms with Crippen molar-refractivity contribution in [2.24, 2.45) is 23.7 Å². The number of nitro groups is 1. The van der Waals surface area contributed by atoms with Crippen molar-refractivity contribution in [3.05, 3.63) is 73.8 Å². The summed E-state index contributed by atoms with van der Waals surface area (Å²) < 4.78 is 0. The van der Waals surface area contributed by atoms with E-state index in [0.717, 1.165) is 22.2 Å². The first-order valence-corrected chi connectivity index (χ1v) is 13.8. The number of ketones is 1. The number of amides is 3. The molecule has 3 amide bonds. The van der Waals surface area contributed by atoms with Crippen molar-refractivity contribution in [2.45, 2.75) is 16.1 Å². The van der Waals surface area contributed by atoms with Crippen LogP contribution < -0.4 is 0 Å². The number of Topliss-reactive ketones (excluding diaryl/α,β-unsaturated/α-hetero) is 1. The Labute approximate surface area is 237 Å². The van der Waals surface area contributed by atoms with E-state index in [1.807, 2.05) is 0 Å². The van der Waals surface area contributed by atoms with E-state index in [-0.39, 0.29) is 43.3 Å². The molecule has 192 valence electrons. The Hall–Kier alpha value is -2.34. The van der Waals surface area contributed by atoms with Gasteiger partial charge in [-0.1, -0.05) is 55.1 Å². The maximum Gasteiger partial charge on any atom is 0.273 e. The van der Waals surface area contributed by atoms with E-state index in [0.29, 0.717) is 11.4 Å². The van der Waals surface area contributed by atoms with Crippen LogP contribution in [0.3, 0.4) is 0 Å². The highest BCUT2D eigenvalue weighted by molar-refractivity contribution is 9.12. The van der Waals surface area contributed by atoms with Crippen LogP contribution in [0.5, 0.6) is 0 Å². The maximum atomic E-state index is 13.6. The standard InChI is InChI=1S/C24H17Br2Cl2N3O6/c25-20-14-8-15(21(20)26)19-18(14)23(34)30(24(19)35)29(9-17(32)13-6-3-11(27)7-16(13)28)22(33)10-1-4-12(5-2-10)31(36)37/h1-7,14-15,18-21H,8-9H2/t14-,15-,18-,19+,20+,21+/m1/s1. The minimum Gasteiger partial charge on any atom is -0.292 e. The SMILES string of the molecule is O=C(CN(C(=O)c1ccc([N+](=O)[O-])cc1)N1C(=O)[C@@H]2[C@H]3C[C@@H]([C@H](Br)[C@H]3Br)[C@@H]2C1=O)c1ccc(Cl)cc1Cl. The number of carbonyl (C=O) groups excluding carboxylic acids is 4. The smallest absolute Gasteiger partial charge is 0.273 e. The lowest BCUT2D eigenvalue weighted by Gasteiger charge is -2.31. The highest BCUT2D eigenvalue weighted by Crippen LogP contribution is 2.60. The molecule has 6 atom stereocenters. The summed E-state index contributed by atoms with van der Waals surface area (Å²) in [4.78, 5) is 64.5. The van der Waals surface area contributed by atoms with Gasteiger partial charge in [-0.3, -0.25) is 29.3 Å². The van der Waals surface area contributed by atoms with Crippen LogP contribution in [-0.4, -0.2) is 54.6 Å². The largest absolute Gasteiger partial charge is 0.292 e. The monoisotopic (exact) mass is 671 g/mol. The van der Waals surface area contributed by atoms with Crippen LogP contribution in [0.2, 0.25) is 10.0 Å². The van der Waals surface area contributed by atoms with Crippen LogP contribution in [0.25, 0.3) is 0 Å². The molecule has 1 aliphatic heterocycles. The molecular weight excluding hydrogens is 657 g/mol. The van der Waals surface area contributed by atoms with E-state index in [4.69, 9.17) is 23.2 Å². The fraction of sp³-hybridized carbons (Fsp3) is 0.333. The molecule has 5 rings (SSSR count). The fourth-order valence-electron chi connectivity index (χ4n) is 5.62. The van der Waals surface area contributed by atoms with Gasteiger partial charge in [0.15, 0.2) is 5.78 Å². The summed E-state index contributed by atoms with van der Waals surface area (Å²) in [6.45, 7) is -0.654. The summed E-state index contributed by atoms with van der Waals surface area (Å²) in [5.74, 6) is -3.96. The lowest BCUT2D eigenvalue weighted by molar-refractivity contribution is -0.384. The van der Waals surface area contributed by atoms with Gasteiger partial charge in [0.1, 0.15) is 6.54 Å². The number of alkyl halides is 2. The van der Waals surface area contributed by atoms with Gasteiger partial charge in [-0.15, -0.1) is 0 Å². The first-order chi connectivity index (χ1) is 17.5. The Morgan fingerprint density at radius 3 is 2.08 bits per heavy atom. The van der Waals surface area contributed by atoms with Gasteiger partial charge in [-0.25, -0.2) is 5.01 Å². The Balaban J connectivity index is 1.52. The number of carbonyl (C=O) groups is 4. The number of nitrogens with zero attached hydrogens (tertiary/aromatic N) is 3. The summed E-state index contributed by atoms with van der Waals surface area (Å²) in [6.07, 6.45) is 0.697.